The van der Waals surface area contributed by atoms with E-state index in [9.17, 15) is 13.6 Å². The summed E-state index contributed by atoms with van der Waals surface area (Å²) in [6.07, 6.45) is -3.69. The van der Waals surface area contributed by atoms with Crippen molar-refractivity contribution in [2.45, 2.75) is 17.6 Å². The van der Waals surface area contributed by atoms with Gasteiger partial charge in [0.25, 0.3) is 0 Å². The molecule has 4 rings (SSSR count). The molecule has 1 aromatic heterocycles. The van der Waals surface area contributed by atoms with E-state index in [1.807, 2.05) is 31.2 Å². The molecule has 2 aromatic carbocycles. The van der Waals surface area contributed by atoms with Crippen LogP contribution in [-0.4, -0.2) is 28.2 Å². The Labute approximate surface area is 172 Å². The van der Waals surface area contributed by atoms with Crippen LogP contribution in [0.1, 0.15) is 5.56 Å². The number of alkyl halides is 2. The number of rotatable bonds is 6. The number of hydrogen-bond acceptors (Lipinski definition) is 8. The molecule has 1 aliphatic heterocycles. The second-order valence-electron chi connectivity index (χ2n) is 6.03. The molecule has 0 saturated heterocycles. The van der Waals surface area contributed by atoms with Gasteiger partial charge in [0.05, 0.1) is 5.75 Å². The number of fused-ring (bicyclic) bond motifs is 1. The maximum absolute atomic E-state index is 13.0. The minimum Gasteiger partial charge on any atom is -0.395 e. The molecular weight excluding hydrogens is 422 g/mol. The maximum Gasteiger partial charge on any atom is 0.586 e. The Morgan fingerprint density at radius 2 is 1.83 bits per heavy atom. The van der Waals surface area contributed by atoms with Gasteiger partial charge in [-0.25, -0.2) is 0 Å². The van der Waals surface area contributed by atoms with Gasteiger partial charge in [-0.2, -0.15) is 0 Å². The van der Waals surface area contributed by atoms with Crippen LogP contribution in [0.4, 0.5) is 25.3 Å². The third kappa shape index (κ3) is 4.93. The van der Waals surface area contributed by atoms with Crippen LogP contribution < -0.4 is 20.1 Å². The Hall–Kier alpha value is -2.92. The van der Waals surface area contributed by atoms with Crippen molar-refractivity contribution in [3.05, 3.63) is 48.0 Å². The predicted molar refractivity (Wildman–Crippen MR) is 106 cm³/mol. The van der Waals surface area contributed by atoms with E-state index in [1.165, 1.54) is 41.3 Å². The molecule has 0 unspecified atom stereocenters. The molecule has 150 valence electrons. The quantitative estimate of drug-likeness (QED) is 0.545. The lowest BCUT2D eigenvalue weighted by Gasteiger charge is -2.05. The fourth-order valence-corrected chi connectivity index (χ4v) is 4.00. The van der Waals surface area contributed by atoms with Crippen molar-refractivity contribution < 1.29 is 23.0 Å². The van der Waals surface area contributed by atoms with Crippen molar-refractivity contribution in [2.24, 2.45) is 0 Å². The monoisotopic (exact) mass is 436 g/mol. The number of thioether (sulfide) groups is 1. The van der Waals surface area contributed by atoms with Crippen molar-refractivity contribution in [3.63, 3.8) is 0 Å². The molecule has 2 heterocycles. The van der Waals surface area contributed by atoms with Gasteiger partial charge >= 0.3 is 6.29 Å². The van der Waals surface area contributed by atoms with Crippen LogP contribution in [0.5, 0.6) is 11.5 Å². The number of benzene rings is 2. The summed E-state index contributed by atoms with van der Waals surface area (Å²) in [7, 11) is 0. The van der Waals surface area contributed by atoms with Crippen LogP contribution in [0.25, 0.3) is 0 Å². The number of carbonyl (C=O) groups excluding carboxylic acids is 1. The first-order valence-electron chi connectivity index (χ1n) is 8.36. The number of aryl methyl sites for hydroxylation is 1. The lowest BCUT2D eigenvalue weighted by atomic mass is 10.2. The highest BCUT2D eigenvalue weighted by molar-refractivity contribution is 8.01. The van der Waals surface area contributed by atoms with Crippen molar-refractivity contribution in [2.75, 3.05) is 16.4 Å². The predicted octanol–water partition coefficient (Wildman–Crippen LogP) is 4.64. The average molecular weight is 436 g/mol. The number of halogens is 2. The Kier molecular flexibility index (Phi) is 5.24. The van der Waals surface area contributed by atoms with Crippen LogP contribution in [0.3, 0.4) is 0 Å². The number of anilines is 3. The first-order chi connectivity index (χ1) is 13.9. The summed E-state index contributed by atoms with van der Waals surface area (Å²) in [6.45, 7) is 2.01. The highest BCUT2D eigenvalue weighted by atomic mass is 32.2. The first kappa shape index (κ1) is 19.4. The second-order valence-corrected chi connectivity index (χ2v) is 8.23. The minimum absolute atomic E-state index is 0.0789. The normalized spacial score (nSPS) is 13.9. The minimum atomic E-state index is -3.69. The molecule has 0 fully saturated rings. The summed E-state index contributed by atoms with van der Waals surface area (Å²) >= 11 is 2.55. The Morgan fingerprint density at radius 3 is 2.62 bits per heavy atom. The van der Waals surface area contributed by atoms with Gasteiger partial charge in [-0.3, -0.25) is 4.79 Å². The van der Waals surface area contributed by atoms with E-state index < -0.39 is 6.29 Å². The van der Waals surface area contributed by atoms with Gasteiger partial charge in [0.15, 0.2) is 15.8 Å². The molecule has 0 saturated carbocycles. The maximum atomic E-state index is 13.0. The number of amides is 1. The first-order valence-corrected chi connectivity index (χ1v) is 10.2. The second kappa shape index (κ2) is 7.84. The standard InChI is InChI=1S/C18H14F2N4O3S2/c1-10-2-4-11(5-3-10)22-16-23-24-17(29-16)28-9-15(25)21-12-6-7-13-14(8-12)27-18(19,20)26-13/h2-8H,9H2,1H3,(H,21,25)(H,22,23). The lowest BCUT2D eigenvalue weighted by molar-refractivity contribution is -0.286. The number of ether oxygens (including phenoxy) is 2. The molecule has 2 N–H and O–H groups in total. The van der Waals surface area contributed by atoms with E-state index in [-0.39, 0.29) is 23.2 Å². The van der Waals surface area contributed by atoms with Crippen molar-refractivity contribution in [3.8, 4) is 11.5 Å². The fraction of sp³-hybridized carbons (Fsp3) is 0.167. The molecule has 1 amide bonds. The van der Waals surface area contributed by atoms with Crippen LogP contribution in [0, 0.1) is 6.92 Å². The molecule has 0 spiro atoms. The van der Waals surface area contributed by atoms with Gasteiger partial charge in [-0.15, -0.1) is 19.0 Å². The smallest absolute Gasteiger partial charge is 0.395 e. The summed E-state index contributed by atoms with van der Waals surface area (Å²) in [5.41, 5.74) is 2.38. The molecule has 11 heteroatoms. The van der Waals surface area contributed by atoms with Crippen LogP contribution in [-0.2, 0) is 4.79 Å². The van der Waals surface area contributed by atoms with E-state index >= 15 is 0 Å². The van der Waals surface area contributed by atoms with Gasteiger partial charge < -0.3 is 20.1 Å². The largest absolute Gasteiger partial charge is 0.586 e. The molecule has 0 radical (unpaired) electrons. The summed E-state index contributed by atoms with van der Waals surface area (Å²) in [5.74, 6) is -0.436. The van der Waals surface area contributed by atoms with E-state index in [1.54, 1.807) is 0 Å². The summed E-state index contributed by atoms with van der Waals surface area (Å²) in [6, 6.07) is 11.9. The SMILES string of the molecule is Cc1ccc(Nc2nnc(SCC(=O)Nc3ccc4c(c3)OC(F)(F)O4)s2)cc1. The van der Waals surface area contributed by atoms with E-state index in [0.717, 1.165) is 11.3 Å². The molecule has 29 heavy (non-hydrogen) atoms. The molecule has 7 nitrogen and oxygen atoms in total. The van der Waals surface area contributed by atoms with Crippen LogP contribution >= 0.6 is 23.1 Å². The van der Waals surface area contributed by atoms with Crippen molar-refractivity contribution in [1.82, 2.24) is 10.2 Å². The van der Waals surface area contributed by atoms with Crippen LogP contribution in [0.2, 0.25) is 0 Å². The van der Waals surface area contributed by atoms with E-state index in [4.69, 9.17) is 0 Å². The zero-order chi connectivity index (χ0) is 20.4. The summed E-state index contributed by atoms with van der Waals surface area (Å²) < 4.78 is 35.4. The zero-order valence-electron chi connectivity index (χ0n) is 14.9. The number of hydrogen-bond donors (Lipinski definition) is 2. The third-order valence-corrected chi connectivity index (χ3v) is 5.69. The topological polar surface area (TPSA) is 85.4 Å². The lowest BCUT2D eigenvalue weighted by Crippen LogP contribution is -2.25. The number of nitrogens with zero attached hydrogens (tertiary/aromatic N) is 2. The number of aromatic nitrogens is 2. The highest BCUT2D eigenvalue weighted by Gasteiger charge is 2.43. The fourth-order valence-electron chi connectivity index (χ4n) is 2.43. The van der Waals surface area contributed by atoms with Gasteiger partial charge in [0, 0.05) is 17.4 Å². The zero-order valence-corrected chi connectivity index (χ0v) is 16.6. The van der Waals surface area contributed by atoms with Gasteiger partial charge in [-0.05, 0) is 31.2 Å². The Balaban J connectivity index is 1.29. The summed E-state index contributed by atoms with van der Waals surface area (Å²) in [4.78, 5) is 12.1. The summed E-state index contributed by atoms with van der Waals surface area (Å²) in [5, 5.41) is 14.5. The van der Waals surface area contributed by atoms with Gasteiger partial charge in [-0.1, -0.05) is 40.8 Å². The van der Waals surface area contributed by atoms with Crippen molar-refractivity contribution >= 4 is 45.5 Å². The van der Waals surface area contributed by atoms with E-state index in [2.05, 4.69) is 30.3 Å². The molecule has 0 aliphatic carbocycles. The molecular formula is C18H14F2N4O3S2. The molecule has 0 bridgehead atoms. The molecule has 1 aliphatic rings. The van der Waals surface area contributed by atoms with Crippen molar-refractivity contribution in [1.29, 1.82) is 0 Å². The number of nitrogens with one attached hydrogen (secondary N) is 2. The number of carbonyl (C=O) groups is 1. The molecule has 3 aromatic rings. The Bertz CT molecular complexity index is 1040. The van der Waals surface area contributed by atoms with E-state index in [0.29, 0.717) is 15.2 Å². The van der Waals surface area contributed by atoms with Gasteiger partial charge in [0.1, 0.15) is 0 Å². The van der Waals surface area contributed by atoms with Crippen LogP contribution in [0.15, 0.2) is 46.8 Å². The Morgan fingerprint density at radius 1 is 1.10 bits per heavy atom. The highest BCUT2D eigenvalue weighted by Crippen LogP contribution is 2.42. The molecule has 0 atom stereocenters. The van der Waals surface area contributed by atoms with Gasteiger partial charge in [0.2, 0.25) is 11.0 Å². The third-order valence-electron chi connectivity index (χ3n) is 3.72. The average Bonchev–Trinajstić information content (AvgIpc) is 3.23.